The van der Waals surface area contributed by atoms with Crippen LogP contribution in [0.4, 0.5) is 0 Å². The lowest BCUT2D eigenvalue weighted by atomic mass is 9.41. The molecule has 6 heteroatoms. The third-order valence-electron chi connectivity index (χ3n) is 13.8. The first-order valence-corrected chi connectivity index (χ1v) is 18.0. The highest BCUT2D eigenvalue weighted by atomic mass is 16.7. The largest absolute Gasteiger partial charge is 0.454 e. The average molecular weight is 627 g/mol. The van der Waals surface area contributed by atoms with Crippen molar-refractivity contribution in [3.63, 3.8) is 0 Å². The summed E-state index contributed by atoms with van der Waals surface area (Å²) >= 11 is 0. The molecule has 2 aromatic carbocycles. The van der Waals surface area contributed by atoms with E-state index in [0.29, 0.717) is 54.9 Å². The summed E-state index contributed by atoms with van der Waals surface area (Å²) < 4.78 is 36.0. The second kappa shape index (κ2) is 10.9. The van der Waals surface area contributed by atoms with Crippen LogP contribution >= 0.6 is 0 Å². The van der Waals surface area contributed by atoms with Gasteiger partial charge in [0.1, 0.15) is 0 Å². The van der Waals surface area contributed by atoms with Crippen molar-refractivity contribution in [2.45, 2.75) is 91.3 Å². The van der Waals surface area contributed by atoms with Gasteiger partial charge < -0.3 is 28.4 Å². The molecular weight excluding hydrogens is 576 g/mol. The van der Waals surface area contributed by atoms with E-state index in [9.17, 15) is 0 Å². The van der Waals surface area contributed by atoms with Crippen molar-refractivity contribution < 1.29 is 28.4 Å². The predicted octanol–water partition coefficient (Wildman–Crippen LogP) is 8.50. The Hall–Kier alpha value is -2.70. The van der Waals surface area contributed by atoms with Crippen molar-refractivity contribution in [2.75, 3.05) is 26.8 Å². The Bertz CT molecular complexity index is 1530. The Morgan fingerprint density at radius 3 is 2.24 bits per heavy atom. The lowest BCUT2D eigenvalue weighted by molar-refractivity contribution is -0.134. The van der Waals surface area contributed by atoms with E-state index < -0.39 is 0 Å². The van der Waals surface area contributed by atoms with Crippen LogP contribution in [-0.4, -0.2) is 33.1 Å². The minimum Gasteiger partial charge on any atom is -0.454 e. The molecule has 8 unspecified atom stereocenters. The molecule has 9 rings (SSSR count). The molecule has 1 spiro atoms. The Morgan fingerprint density at radius 2 is 1.48 bits per heavy atom. The minimum absolute atomic E-state index is 0.230. The molecule has 0 amide bonds. The Labute approximate surface area is 274 Å². The van der Waals surface area contributed by atoms with E-state index in [1.807, 2.05) is 12.1 Å². The molecule has 246 valence electrons. The Morgan fingerprint density at radius 1 is 0.761 bits per heavy atom. The molecule has 4 fully saturated rings. The fourth-order valence-electron chi connectivity index (χ4n) is 11.8. The maximum Gasteiger partial charge on any atom is 0.231 e. The van der Waals surface area contributed by atoms with Crippen molar-refractivity contribution in [2.24, 2.45) is 45.8 Å². The standard InChI is InChI=1S/C40H50O6/c1-38(2)12-4-13-39(3)35(38)11-14-40-19-27(7-10-36(39)40)29(20-40)22-42-37-30(16-26-6-9-32-34(18-26)46-24-44-32)28(21-41-37)15-25-5-8-31-33(17-25)45-23-43-31/h5-6,8-9,17-18,20,27-28,30,35-37H,4,7,10-16,19,21-24H2,1-3H3. The summed E-state index contributed by atoms with van der Waals surface area (Å²) in [6.07, 6.45) is 15.3. The van der Waals surface area contributed by atoms with Gasteiger partial charge in [0.15, 0.2) is 29.3 Å². The molecular formula is C40H50O6. The highest BCUT2D eigenvalue weighted by Gasteiger charge is 2.62. The van der Waals surface area contributed by atoms with Crippen LogP contribution in [-0.2, 0) is 22.3 Å². The van der Waals surface area contributed by atoms with Crippen LogP contribution in [0, 0.1) is 45.8 Å². The van der Waals surface area contributed by atoms with Crippen molar-refractivity contribution in [3.05, 3.63) is 59.2 Å². The zero-order chi connectivity index (χ0) is 31.1. The summed E-state index contributed by atoms with van der Waals surface area (Å²) in [5.41, 5.74) is 5.38. The van der Waals surface area contributed by atoms with Gasteiger partial charge in [-0.25, -0.2) is 0 Å². The Kier molecular flexibility index (Phi) is 6.99. The van der Waals surface area contributed by atoms with E-state index >= 15 is 0 Å². The van der Waals surface area contributed by atoms with Crippen molar-refractivity contribution in [1.82, 2.24) is 0 Å². The van der Waals surface area contributed by atoms with Gasteiger partial charge in [0.25, 0.3) is 0 Å². The molecule has 3 heterocycles. The van der Waals surface area contributed by atoms with Gasteiger partial charge in [0.05, 0.1) is 13.2 Å². The first kappa shape index (κ1) is 29.4. The second-order valence-corrected chi connectivity index (χ2v) is 16.6. The molecule has 7 aliphatic rings. The fraction of sp³-hybridized carbons (Fsp3) is 0.650. The molecule has 3 saturated carbocycles. The molecule has 2 aromatic rings. The summed E-state index contributed by atoms with van der Waals surface area (Å²) in [6.45, 7) is 9.78. The molecule has 3 aliphatic heterocycles. The van der Waals surface area contributed by atoms with Crippen LogP contribution in [0.5, 0.6) is 23.0 Å². The van der Waals surface area contributed by atoms with Gasteiger partial charge in [0.2, 0.25) is 13.6 Å². The molecule has 0 aromatic heterocycles. The van der Waals surface area contributed by atoms with E-state index in [1.54, 1.807) is 5.57 Å². The highest BCUT2D eigenvalue weighted by molar-refractivity contribution is 5.45. The summed E-state index contributed by atoms with van der Waals surface area (Å²) in [5.74, 6) is 6.25. The molecule has 1 saturated heterocycles. The SMILES string of the molecule is CC1(C)CCCC2(C)C1CCC13C=C(COC4OCC(Cc5ccc6c(c5)OCO6)C4Cc4ccc5c(c4)OCO5)C(CCC12)C3. The van der Waals surface area contributed by atoms with E-state index in [1.165, 1.54) is 62.5 Å². The molecule has 8 atom stereocenters. The number of ether oxygens (including phenoxy) is 6. The molecule has 4 aliphatic carbocycles. The predicted molar refractivity (Wildman–Crippen MR) is 175 cm³/mol. The van der Waals surface area contributed by atoms with Crippen LogP contribution in [0.15, 0.2) is 48.0 Å². The van der Waals surface area contributed by atoms with Gasteiger partial charge in [-0.2, -0.15) is 0 Å². The number of hydrogen-bond donors (Lipinski definition) is 0. The van der Waals surface area contributed by atoms with E-state index in [2.05, 4.69) is 51.1 Å². The van der Waals surface area contributed by atoms with Gasteiger partial charge in [-0.15, -0.1) is 0 Å². The summed E-state index contributed by atoms with van der Waals surface area (Å²) in [5, 5.41) is 0. The molecule has 46 heavy (non-hydrogen) atoms. The van der Waals surface area contributed by atoms with Crippen LogP contribution in [0.2, 0.25) is 0 Å². The fourth-order valence-corrected chi connectivity index (χ4v) is 11.8. The van der Waals surface area contributed by atoms with Crippen LogP contribution in [0.3, 0.4) is 0 Å². The molecule has 2 bridgehead atoms. The first-order valence-electron chi connectivity index (χ1n) is 18.0. The third-order valence-corrected chi connectivity index (χ3v) is 13.8. The zero-order valence-corrected chi connectivity index (χ0v) is 27.9. The zero-order valence-electron chi connectivity index (χ0n) is 27.9. The lowest BCUT2D eigenvalue weighted by Crippen LogP contribution is -2.55. The molecule has 6 nitrogen and oxygen atoms in total. The van der Waals surface area contributed by atoms with E-state index in [-0.39, 0.29) is 12.2 Å². The number of rotatable bonds is 7. The first-order chi connectivity index (χ1) is 22.3. The van der Waals surface area contributed by atoms with Crippen LogP contribution in [0.25, 0.3) is 0 Å². The smallest absolute Gasteiger partial charge is 0.231 e. The average Bonchev–Trinajstić information content (AvgIpc) is 3.82. The number of allylic oxidation sites excluding steroid dienone is 1. The number of benzene rings is 2. The topological polar surface area (TPSA) is 55.4 Å². The maximum atomic E-state index is 6.86. The normalized spacial score (nSPS) is 37.9. The minimum atomic E-state index is -0.230. The van der Waals surface area contributed by atoms with Gasteiger partial charge in [-0.1, -0.05) is 45.4 Å². The molecule has 0 N–H and O–H groups in total. The van der Waals surface area contributed by atoms with Crippen LogP contribution in [0.1, 0.15) is 83.3 Å². The molecule has 0 radical (unpaired) electrons. The third kappa shape index (κ3) is 4.79. The van der Waals surface area contributed by atoms with E-state index in [4.69, 9.17) is 28.4 Å². The van der Waals surface area contributed by atoms with Gasteiger partial charge in [-0.05, 0) is 139 Å². The van der Waals surface area contributed by atoms with Crippen molar-refractivity contribution >= 4 is 0 Å². The number of hydrogen-bond acceptors (Lipinski definition) is 6. The van der Waals surface area contributed by atoms with Gasteiger partial charge >= 0.3 is 0 Å². The quantitative estimate of drug-likeness (QED) is 0.287. The van der Waals surface area contributed by atoms with Gasteiger partial charge in [0, 0.05) is 5.92 Å². The van der Waals surface area contributed by atoms with E-state index in [0.717, 1.165) is 47.7 Å². The van der Waals surface area contributed by atoms with Crippen LogP contribution < -0.4 is 18.9 Å². The Balaban J connectivity index is 0.940. The van der Waals surface area contributed by atoms with Crippen molar-refractivity contribution in [1.29, 1.82) is 0 Å². The van der Waals surface area contributed by atoms with Crippen molar-refractivity contribution in [3.8, 4) is 23.0 Å². The second-order valence-electron chi connectivity index (χ2n) is 16.6. The number of fused-ring (bicyclic) bond motifs is 5. The maximum absolute atomic E-state index is 6.86. The highest BCUT2D eigenvalue weighted by Crippen LogP contribution is 2.70. The summed E-state index contributed by atoms with van der Waals surface area (Å²) in [4.78, 5) is 0. The summed E-state index contributed by atoms with van der Waals surface area (Å²) in [7, 11) is 0. The van der Waals surface area contributed by atoms with Gasteiger partial charge in [-0.3, -0.25) is 0 Å². The lowest BCUT2D eigenvalue weighted by Gasteiger charge is -2.63. The summed E-state index contributed by atoms with van der Waals surface area (Å²) in [6, 6.07) is 12.7. The monoisotopic (exact) mass is 626 g/mol.